The molecular formula is C27H23F3N4O3. The van der Waals surface area contributed by atoms with Gasteiger partial charge >= 0.3 is 11.2 Å². The first kappa shape index (κ1) is 24.5. The van der Waals surface area contributed by atoms with Gasteiger partial charge in [-0.15, -0.1) is 0 Å². The Morgan fingerprint density at radius 1 is 0.811 bits per heavy atom. The Morgan fingerprint density at radius 2 is 1.32 bits per heavy atom. The summed E-state index contributed by atoms with van der Waals surface area (Å²) in [6, 6.07) is 15.8. The van der Waals surface area contributed by atoms with Gasteiger partial charge in [0, 0.05) is 38.6 Å². The molecule has 5 rings (SSSR count). The minimum Gasteiger partial charge on any atom is -0.363 e. The summed E-state index contributed by atoms with van der Waals surface area (Å²) in [5.41, 5.74) is 0.718. The van der Waals surface area contributed by atoms with Crippen LogP contribution in [-0.4, -0.2) is 40.6 Å². The molecule has 1 aliphatic heterocycles. The Balaban J connectivity index is 1.52. The molecule has 190 valence electrons. The van der Waals surface area contributed by atoms with Crippen LogP contribution in [0.4, 0.5) is 24.5 Å². The summed E-state index contributed by atoms with van der Waals surface area (Å²) in [5.74, 6) is -1.28. The first-order chi connectivity index (χ1) is 17.7. The summed E-state index contributed by atoms with van der Waals surface area (Å²) in [7, 11) is 1.38. The van der Waals surface area contributed by atoms with E-state index in [0.717, 1.165) is 15.7 Å². The van der Waals surface area contributed by atoms with Crippen LogP contribution in [0.3, 0.4) is 0 Å². The number of rotatable bonds is 5. The highest BCUT2D eigenvalue weighted by molar-refractivity contribution is 5.96. The van der Waals surface area contributed by atoms with Crippen LogP contribution in [0.25, 0.3) is 10.9 Å². The molecule has 0 saturated carbocycles. The van der Waals surface area contributed by atoms with Gasteiger partial charge in [0.05, 0.1) is 16.5 Å². The molecule has 37 heavy (non-hydrogen) atoms. The molecule has 0 unspecified atom stereocenters. The molecule has 3 aromatic carbocycles. The zero-order chi connectivity index (χ0) is 26.3. The number of benzene rings is 3. The number of anilines is 1. The van der Waals surface area contributed by atoms with Gasteiger partial charge in [0.1, 0.15) is 23.1 Å². The fraction of sp³-hybridized carbons (Fsp3) is 0.222. The maximum Gasteiger partial charge on any atom is 0.357 e. The SMILES string of the molecule is Cn1c(=O)c([N+](=O)[O-])c(N2CCN(C(c3ccc(F)cc3)c3ccc(F)cc3)CC2)c2ccc(F)cc21. The van der Waals surface area contributed by atoms with Crippen molar-refractivity contribution in [3.8, 4) is 0 Å². The van der Waals surface area contributed by atoms with Gasteiger partial charge in [-0.05, 0) is 53.6 Å². The van der Waals surface area contributed by atoms with E-state index in [4.69, 9.17) is 0 Å². The lowest BCUT2D eigenvalue weighted by Gasteiger charge is -2.40. The average molecular weight is 509 g/mol. The zero-order valence-corrected chi connectivity index (χ0v) is 19.9. The van der Waals surface area contributed by atoms with E-state index < -0.39 is 22.0 Å². The van der Waals surface area contributed by atoms with Crippen molar-refractivity contribution in [3.63, 3.8) is 0 Å². The van der Waals surface area contributed by atoms with Crippen molar-refractivity contribution in [2.75, 3.05) is 31.1 Å². The predicted octanol–water partition coefficient (Wildman–Crippen LogP) is 4.78. The number of fused-ring (bicyclic) bond motifs is 1. The molecule has 0 radical (unpaired) electrons. The molecule has 7 nitrogen and oxygen atoms in total. The lowest BCUT2D eigenvalue weighted by atomic mass is 9.96. The number of aromatic nitrogens is 1. The van der Waals surface area contributed by atoms with E-state index in [0.29, 0.717) is 31.6 Å². The van der Waals surface area contributed by atoms with Crippen LogP contribution in [0, 0.1) is 27.6 Å². The van der Waals surface area contributed by atoms with Gasteiger partial charge in [0.25, 0.3) is 0 Å². The molecule has 0 amide bonds. The highest BCUT2D eigenvalue weighted by Gasteiger charge is 2.33. The monoisotopic (exact) mass is 508 g/mol. The van der Waals surface area contributed by atoms with E-state index in [1.165, 1.54) is 49.5 Å². The molecule has 1 aliphatic rings. The fourth-order valence-corrected chi connectivity index (χ4v) is 5.07. The number of halogens is 3. The number of aryl methyl sites for hydroxylation is 1. The van der Waals surface area contributed by atoms with Crippen LogP contribution in [0.15, 0.2) is 71.5 Å². The second kappa shape index (κ2) is 9.70. The van der Waals surface area contributed by atoms with Gasteiger partial charge in [-0.2, -0.15) is 0 Å². The molecule has 1 fully saturated rings. The van der Waals surface area contributed by atoms with Crippen LogP contribution >= 0.6 is 0 Å². The van der Waals surface area contributed by atoms with Crippen LogP contribution < -0.4 is 10.5 Å². The summed E-state index contributed by atoms with van der Waals surface area (Å²) in [4.78, 5) is 28.1. The largest absolute Gasteiger partial charge is 0.363 e. The summed E-state index contributed by atoms with van der Waals surface area (Å²) in [6.45, 7) is 1.60. The van der Waals surface area contributed by atoms with Crippen molar-refractivity contribution < 1.29 is 18.1 Å². The van der Waals surface area contributed by atoms with Gasteiger partial charge in [0.15, 0.2) is 0 Å². The molecule has 4 aromatic rings. The molecule has 1 saturated heterocycles. The number of nitro groups is 1. The molecular weight excluding hydrogens is 485 g/mol. The van der Waals surface area contributed by atoms with Gasteiger partial charge in [0.2, 0.25) is 0 Å². The van der Waals surface area contributed by atoms with E-state index in [1.807, 2.05) is 0 Å². The Bertz CT molecular complexity index is 1480. The number of hydrogen-bond acceptors (Lipinski definition) is 5. The third-order valence-electron chi connectivity index (χ3n) is 6.86. The molecule has 0 spiro atoms. The Labute approximate surface area is 210 Å². The minimum atomic E-state index is -0.809. The molecule has 0 N–H and O–H groups in total. The van der Waals surface area contributed by atoms with Crippen molar-refractivity contribution in [3.05, 3.63) is 116 Å². The van der Waals surface area contributed by atoms with Crippen molar-refractivity contribution in [1.29, 1.82) is 0 Å². The standard InChI is InChI=1S/C27H23F3N4O3/c1-31-23-16-21(30)10-11-22(23)25(26(27(31)35)34(36)37)33-14-12-32(13-15-33)24(17-2-6-19(28)7-3-17)18-4-8-20(29)9-5-18/h2-11,16,24H,12-15H2,1H3. The highest BCUT2D eigenvalue weighted by atomic mass is 19.1. The van der Waals surface area contributed by atoms with Crippen LogP contribution in [-0.2, 0) is 7.05 Å². The predicted molar refractivity (Wildman–Crippen MR) is 134 cm³/mol. The van der Waals surface area contributed by atoms with Gasteiger partial charge in [-0.3, -0.25) is 19.8 Å². The van der Waals surface area contributed by atoms with E-state index in [9.17, 15) is 28.1 Å². The summed E-state index contributed by atoms with van der Waals surface area (Å²) in [6.07, 6.45) is 0. The molecule has 0 atom stereocenters. The Hall–Kier alpha value is -4.18. The van der Waals surface area contributed by atoms with Crippen molar-refractivity contribution in [1.82, 2.24) is 9.47 Å². The second-order valence-corrected chi connectivity index (χ2v) is 9.01. The first-order valence-electron chi connectivity index (χ1n) is 11.7. The summed E-state index contributed by atoms with van der Waals surface area (Å²) < 4.78 is 42.3. The maximum absolute atomic E-state index is 14.0. The fourth-order valence-electron chi connectivity index (χ4n) is 5.07. The van der Waals surface area contributed by atoms with Crippen LogP contribution in [0.5, 0.6) is 0 Å². The number of pyridine rings is 1. The second-order valence-electron chi connectivity index (χ2n) is 9.01. The lowest BCUT2D eigenvalue weighted by Crippen LogP contribution is -2.48. The number of hydrogen-bond donors (Lipinski definition) is 0. The number of piperazine rings is 1. The molecule has 2 heterocycles. The average Bonchev–Trinajstić information content (AvgIpc) is 2.89. The van der Waals surface area contributed by atoms with Crippen molar-refractivity contribution in [2.45, 2.75) is 6.04 Å². The topological polar surface area (TPSA) is 71.6 Å². The zero-order valence-electron chi connectivity index (χ0n) is 19.9. The van der Waals surface area contributed by atoms with Gasteiger partial charge in [-0.25, -0.2) is 13.2 Å². The van der Waals surface area contributed by atoms with Crippen molar-refractivity contribution in [2.24, 2.45) is 7.05 Å². The Kier molecular flexibility index (Phi) is 6.43. The van der Waals surface area contributed by atoms with E-state index in [-0.39, 0.29) is 28.9 Å². The van der Waals surface area contributed by atoms with E-state index >= 15 is 0 Å². The van der Waals surface area contributed by atoms with E-state index in [2.05, 4.69) is 4.90 Å². The molecule has 0 bridgehead atoms. The smallest absolute Gasteiger partial charge is 0.357 e. The summed E-state index contributed by atoms with van der Waals surface area (Å²) in [5, 5.41) is 12.4. The van der Waals surface area contributed by atoms with Gasteiger partial charge in [-0.1, -0.05) is 24.3 Å². The normalized spacial score (nSPS) is 14.5. The van der Waals surface area contributed by atoms with Crippen LogP contribution in [0.1, 0.15) is 17.2 Å². The minimum absolute atomic E-state index is 0.169. The Morgan fingerprint density at radius 3 is 1.84 bits per heavy atom. The molecule has 0 aliphatic carbocycles. The quantitative estimate of drug-likeness (QED) is 0.287. The third-order valence-corrected chi connectivity index (χ3v) is 6.86. The van der Waals surface area contributed by atoms with Gasteiger partial charge < -0.3 is 9.47 Å². The molecule has 10 heteroatoms. The highest BCUT2D eigenvalue weighted by Crippen LogP contribution is 2.36. The maximum atomic E-state index is 14.0. The third kappa shape index (κ3) is 4.55. The summed E-state index contributed by atoms with van der Waals surface area (Å²) >= 11 is 0. The number of nitrogens with zero attached hydrogens (tertiary/aromatic N) is 4. The van der Waals surface area contributed by atoms with Crippen molar-refractivity contribution >= 4 is 22.3 Å². The first-order valence-corrected chi connectivity index (χ1v) is 11.7. The van der Waals surface area contributed by atoms with E-state index in [1.54, 1.807) is 29.2 Å². The van der Waals surface area contributed by atoms with Crippen LogP contribution in [0.2, 0.25) is 0 Å². The lowest BCUT2D eigenvalue weighted by molar-refractivity contribution is -0.385. The molecule has 1 aromatic heterocycles.